The summed E-state index contributed by atoms with van der Waals surface area (Å²) >= 11 is 0. The van der Waals surface area contributed by atoms with Crippen LogP contribution in [-0.2, 0) is 9.59 Å². The summed E-state index contributed by atoms with van der Waals surface area (Å²) in [6.45, 7) is 4.22. The van der Waals surface area contributed by atoms with Crippen LogP contribution in [0.3, 0.4) is 0 Å². The van der Waals surface area contributed by atoms with Crippen molar-refractivity contribution in [3.05, 3.63) is 48.1 Å². The largest absolute Gasteiger partial charge is 0.481 e. The van der Waals surface area contributed by atoms with E-state index in [1.807, 2.05) is 12.2 Å². The van der Waals surface area contributed by atoms with Gasteiger partial charge in [-0.2, -0.15) is 0 Å². The Morgan fingerprint density at radius 3 is 2.54 bits per heavy atom. The molecule has 0 aromatic carbocycles. The zero-order valence-electron chi connectivity index (χ0n) is 15.0. The Balaban J connectivity index is 2.48. The van der Waals surface area contributed by atoms with Crippen LogP contribution < -0.4 is 0 Å². The van der Waals surface area contributed by atoms with Crippen LogP contribution in [0.15, 0.2) is 48.1 Å². The quantitative estimate of drug-likeness (QED) is 0.314. The molecule has 0 saturated heterocycles. The van der Waals surface area contributed by atoms with E-state index >= 15 is 0 Å². The third-order valence-electron chi connectivity index (χ3n) is 4.28. The van der Waals surface area contributed by atoms with Gasteiger partial charge in [-0.1, -0.05) is 50.3 Å². The number of hydrogen-bond donors (Lipinski definition) is 1. The minimum absolute atomic E-state index is 0.126. The summed E-state index contributed by atoms with van der Waals surface area (Å²) in [6, 6.07) is 0. The second kappa shape index (κ2) is 10.8. The summed E-state index contributed by atoms with van der Waals surface area (Å²) in [7, 11) is 0. The Bertz CT molecular complexity index is 537. The highest BCUT2D eigenvalue weighted by atomic mass is 16.4. The number of hydrogen-bond acceptors (Lipinski definition) is 2. The number of allylic oxidation sites excluding steroid dienone is 8. The Morgan fingerprint density at radius 2 is 1.83 bits per heavy atom. The maximum absolute atomic E-state index is 12.1. The molecule has 0 bridgehead atoms. The van der Waals surface area contributed by atoms with Crippen LogP contribution in [0.1, 0.15) is 65.2 Å². The van der Waals surface area contributed by atoms with E-state index in [0.717, 1.165) is 44.1 Å². The highest BCUT2D eigenvalue weighted by molar-refractivity contribution is 6.08. The number of carbonyl (C=O) groups excluding carboxylic acids is 1. The smallest absolute Gasteiger partial charge is 0.303 e. The molecule has 0 aromatic heterocycles. The average molecular weight is 330 g/mol. The molecule has 3 heteroatoms. The van der Waals surface area contributed by atoms with Crippen LogP contribution in [0.25, 0.3) is 0 Å². The maximum atomic E-state index is 12.1. The van der Waals surface area contributed by atoms with Gasteiger partial charge in [0, 0.05) is 17.4 Å². The van der Waals surface area contributed by atoms with Gasteiger partial charge in [-0.05, 0) is 51.0 Å². The fourth-order valence-corrected chi connectivity index (χ4v) is 2.82. The molecule has 1 unspecified atom stereocenters. The minimum atomic E-state index is -0.751. The van der Waals surface area contributed by atoms with E-state index < -0.39 is 5.97 Å². The van der Waals surface area contributed by atoms with Crippen molar-refractivity contribution in [1.82, 2.24) is 0 Å². The van der Waals surface area contributed by atoms with Gasteiger partial charge in [0.1, 0.15) is 0 Å². The predicted octanol–water partition coefficient (Wildman–Crippen LogP) is 5.40. The number of carboxylic acids is 1. The summed E-state index contributed by atoms with van der Waals surface area (Å²) in [5.41, 5.74) is 0.678. The van der Waals surface area contributed by atoms with Crippen molar-refractivity contribution in [3.8, 4) is 0 Å². The van der Waals surface area contributed by atoms with Crippen molar-refractivity contribution in [1.29, 1.82) is 0 Å². The second-order valence-corrected chi connectivity index (χ2v) is 6.50. The van der Waals surface area contributed by atoms with Crippen molar-refractivity contribution in [2.75, 3.05) is 0 Å². The summed E-state index contributed by atoms with van der Waals surface area (Å²) in [6.07, 6.45) is 20.8. The third kappa shape index (κ3) is 7.12. The normalized spacial score (nSPS) is 22.4. The molecule has 0 radical (unpaired) electrons. The molecule has 0 fully saturated rings. The monoisotopic (exact) mass is 330 g/mol. The van der Waals surface area contributed by atoms with Crippen LogP contribution in [0.5, 0.6) is 0 Å². The first-order chi connectivity index (χ1) is 11.5. The number of unbranched alkanes of at least 4 members (excludes halogenated alkanes) is 3. The Labute approximate surface area is 145 Å². The SMILES string of the molecule is CC/C=C\CCC/C=C1/C(=O)C=CC1(C)C/C=C\CCCC(=O)O. The van der Waals surface area contributed by atoms with Gasteiger partial charge in [0.25, 0.3) is 0 Å². The number of rotatable bonds is 11. The van der Waals surface area contributed by atoms with Crippen LogP contribution in [0, 0.1) is 5.41 Å². The molecular weight excluding hydrogens is 300 g/mol. The van der Waals surface area contributed by atoms with Gasteiger partial charge in [0.05, 0.1) is 0 Å². The second-order valence-electron chi connectivity index (χ2n) is 6.50. The van der Waals surface area contributed by atoms with E-state index in [0.29, 0.717) is 6.42 Å². The maximum Gasteiger partial charge on any atom is 0.303 e. The lowest BCUT2D eigenvalue weighted by Gasteiger charge is -2.22. The lowest BCUT2D eigenvalue weighted by atomic mass is 9.81. The van der Waals surface area contributed by atoms with E-state index in [2.05, 4.69) is 38.2 Å². The average Bonchev–Trinajstić information content (AvgIpc) is 2.82. The molecule has 0 saturated carbocycles. The van der Waals surface area contributed by atoms with Crippen LogP contribution in [0.2, 0.25) is 0 Å². The number of ketones is 1. The van der Waals surface area contributed by atoms with Gasteiger partial charge in [-0.25, -0.2) is 0 Å². The van der Waals surface area contributed by atoms with Gasteiger partial charge in [-0.3, -0.25) is 9.59 Å². The van der Waals surface area contributed by atoms with Crippen molar-refractivity contribution in [3.63, 3.8) is 0 Å². The molecule has 1 rings (SSSR count). The summed E-state index contributed by atoms with van der Waals surface area (Å²) in [4.78, 5) is 22.6. The lowest BCUT2D eigenvalue weighted by Crippen LogP contribution is -2.15. The predicted molar refractivity (Wildman–Crippen MR) is 98.9 cm³/mol. The first-order valence-electron chi connectivity index (χ1n) is 8.95. The Hall–Kier alpha value is -1.90. The molecule has 1 N–H and O–H groups in total. The molecule has 1 aliphatic carbocycles. The zero-order chi connectivity index (χ0) is 17.8. The molecule has 1 aliphatic rings. The van der Waals surface area contributed by atoms with Gasteiger partial charge in [0.15, 0.2) is 5.78 Å². The third-order valence-corrected chi connectivity index (χ3v) is 4.28. The number of aliphatic carboxylic acids is 1. The van der Waals surface area contributed by atoms with Crippen molar-refractivity contribution >= 4 is 11.8 Å². The molecule has 0 aliphatic heterocycles. The number of carboxylic acid groups (broad SMARTS) is 1. The first-order valence-corrected chi connectivity index (χ1v) is 8.95. The van der Waals surface area contributed by atoms with Gasteiger partial charge >= 0.3 is 5.97 Å². The minimum Gasteiger partial charge on any atom is -0.481 e. The molecule has 0 amide bonds. The van der Waals surface area contributed by atoms with Crippen LogP contribution in [-0.4, -0.2) is 16.9 Å². The molecule has 3 nitrogen and oxygen atoms in total. The molecule has 1 atom stereocenters. The Kier molecular flexibility index (Phi) is 9.06. The molecule has 0 spiro atoms. The molecule has 24 heavy (non-hydrogen) atoms. The van der Waals surface area contributed by atoms with E-state index in [-0.39, 0.29) is 17.6 Å². The molecule has 0 aromatic rings. The van der Waals surface area contributed by atoms with Crippen molar-refractivity contribution in [2.45, 2.75) is 65.2 Å². The number of carbonyl (C=O) groups is 2. The molecule has 0 heterocycles. The van der Waals surface area contributed by atoms with E-state index in [1.165, 1.54) is 0 Å². The molecule has 132 valence electrons. The van der Waals surface area contributed by atoms with Gasteiger partial charge in [-0.15, -0.1) is 0 Å². The van der Waals surface area contributed by atoms with Crippen LogP contribution >= 0.6 is 0 Å². The highest BCUT2D eigenvalue weighted by Gasteiger charge is 2.33. The van der Waals surface area contributed by atoms with E-state index in [9.17, 15) is 9.59 Å². The Morgan fingerprint density at radius 1 is 1.12 bits per heavy atom. The fourth-order valence-electron chi connectivity index (χ4n) is 2.82. The summed E-state index contributed by atoms with van der Waals surface area (Å²) < 4.78 is 0. The van der Waals surface area contributed by atoms with E-state index in [1.54, 1.807) is 6.08 Å². The highest BCUT2D eigenvalue weighted by Crippen LogP contribution is 2.39. The van der Waals surface area contributed by atoms with Crippen LogP contribution in [0.4, 0.5) is 0 Å². The van der Waals surface area contributed by atoms with E-state index in [4.69, 9.17) is 5.11 Å². The van der Waals surface area contributed by atoms with Gasteiger partial charge in [0.2, 0.25) is 0 Å². The van der Waals surface area contributed by atoms with Crippen molar-refractivity contribution in [2.24, 2.45) is 5.41 Å². The summed E-state index contributed by atoms with van der Waals surface area (Å²) in [5, 5.41) is 8.62. The van der Waals surface area contributed by atoms with Gasteiger partial charge < -0.3 is 5.11 Å². The zero-order valence-corrected chi connectivity index (χ0v) is 15.0. The summed E-state index contributed by atoms with van der Waals surface area (Å²) in [5.74, 6) is -0.625. The standard InChI is InChI=1S/C21H30O3/c1-3-4-5-6-7-10-13-18-19(22)15-17-21(18,2)16-12-9-8-11-14-20(23)24/h4-5,9,12-13,15,17H,3,6-8,10-11,14,16H2,1-2H3,(H,23,24)/b5-4-,12-9-,18-13-. The lowest BCUT2D eigenvalue weighted by molar-refractivity contribution is -0.137. The topological polar surface area (TPSA) is 54.4 Å². The van der Waals surface area contributed by atoms with Crippen molar-refractivity contribution < 1.29 is 14.7 Å². The first kappa shape index (κ1) is 20.1. The fraction of sp³-hybridized carbons (Fsp3) is 0.524. The molecular formula is C21H30O3.